The summed E-state index contributed by atoms with van der Waals surface area (Å²) in [5, 5.41) is 9.31. The Bertz CT molecular complexity index is 650. The number of hydrogen-bond acceptors (Lipinski definition) is 3. The Morgan fingerprint density at radius 1 is 1.48 bits per heavy atom. The molecule has 0 saturated heterocycles. The predicted octanol–water partition coefficient (Wildman–Crippen LogP) is 3.12. The zero-order chi connectivity index (χ0) is 14.8. The first kappa shape index (κ1) is 13.7. The molecule has 0 saturated carbocycles. The van der Waals surface area contributed by atoms with Crippen LogP contribution in [0.5, 0.6) is 5.75 Å². The van der Waals surface area contributed by atoms with E-state index in [4.69, 9.17) is 4.74 Å². The Morgan fingerprint density at radius 2 is 2.29 bits per heavy atom. The Balaban J connectivity index is 2.03. The summed E-state index contributed by atoms with van der Waals surface area (Å²) >= 11 is 0. The molecule has 1 N–H and O–H groups in total. The minimum atomic E-state index is -0.955. The summed E-state index contributed by atoms with van der Waals surface area (Å²) in [6.07, 6.45) is 5.87. The van der Waals surface area contributed by atoms with Gasteiger partial charge in [0.15, 0.2) is 0 Å². The Morgan fingerprint density at radius 3 is 3.05 bits per heavy atom. The molecule has 2 heterocycles. The third kappa shape index (κ3) is 2.51. The van der Waals surface area contributed by atoms with E-state index in [0.29, 0.717) is 0 Å². The quantitative estimate of drug-likeness (QED) is 0.938. The monoisotopic (exact) mass is 286 g/mol. The van der Waals surface area contributed by atoms with Crippen molar-refractivity contribution in [2.45, 2.75) is 38.3 Å². The number of hydrogen-bond donors (Lipinski definition) is 1. The first-order valence-electron chi connectivity index (χ1n) is 7.21. The fourth-order valence-corrected chi connectivity index (χ4v) is 2.95. The number of aromatic carboxylic acids is 1. The number of rotatable bonds is 4. The number of para-hydroxylation sites is 1. The van der Waals surface area contributed by atoms with Crippen molar-refractivity contribution < 1.29 is 14.6 Å². The SMILES string of the molecule is CCCC1CC(n2cncc2C(=O)O)c2ccccc2O1. The number of ether oxygens (including phenoxy) is 1. The molecule has 110 valence electrons. The molecule has 5 nitrogen and oxygen atoms in total. The van der Waals surface area contributed by atoms with Gasteiger partial charge in [-0.25, -0.2) is 9.78 Å². The van der Waals surface area contributed by atoms with Crippen LogP contribution in [0.15, 0.2) is 36.8 Å². The van der Waals surface area contributed by atoms with Crippen molar-refractivity contribution in [3.63, 3.8) is 0 Å². The second kappa shape index (κ2) is 5.60. The van der Waals surface area contributed by atoms with Crippen molar-refractivity contribution >= 4 is 5.97 Å². The largest absolute Gasteiger partial charge is 0.490 e. The summed E-state index contributed by atoms with van der Waals surface area (Å²) in [7, 11) is 0. The van der Waals surface area contributed by atoms with Crippen LogP contribution in [-0.4, -0.2) is 26.7 Å². The summed E-state index contributed by atoms with van der Waals surface area (Å²) < 4.78 is 7.76. The maximum Gasteiger partial charge on any atom is 0.354 e. The molecular formula is C16H18N2O3. The van der Waals surface area contributed by atoms with E-state index in [1.165, 1.54) is 6.20 Å². The lowest BCUT2D eigenvalue weighted by molar-refractivity contribution is 0.0678. The van der Waals surface area contributed by atoms with Crippen LogP contribution in [0.25, 0.3) is 0 Å². The molecule has 0 radical (unpaired) electrons. The number of carboxylic acids is 1. The standard InChI is InChI=1S/C16H18N2O3/c1-2-5-11-8-13(12-6-3-4-7-15(12)21-11)18-10-17-9-14(18)16(19)20/h3-4,6-7,9-11,13H,2,5,8H2,1H3,(H,19,20). The minimum absolute atomic E-state index is 0.0416. The van der Waals surface area contributed by atoms with E-state index in [9.17, 15) is 9.90 Å². The molecule has 1 aromatic carbocycles. The fraction of sp³-hybridized carbons (Fsp3) is 0.375. The zero-order valence-electron chi connectivity index (χ0n) is 11.9. The van der Waals surface area contributed by atoms with Crippen LogP contribution in [0.3, 0.4) is 0 Å². The average Bonchev–Trinajstić information content (AvgIpc) is 2.96. The van der Waals surface area contributed by atoms with Gasteiger partial charge in [-0.2, -0.15) is 0 Å². The van der Waals surface area contributed by atoms with Crippen LogP contribution >= 0.6 is 0 Å². The third-order valence-electron chi connectivity index (χ3n) is 3.89. The molecule has 1 aliphatic rings. The molecule has 2 atom stereocenters. The van der Waals surface area contributed by atoms with Gasteiger partial charge in [0.1, 0.15) is 17.5 Å². The van der Waals surface area contributed by atoms with Gasteiger partial charge in [0.2, 0.25) is 0 Å². The number of imidazole rings is 1. The number of nitrogens with zero attached hydrogens (tertiary/aromatic N) is 2. The molecule has 0 bridgehead atoms. The normalized spacial score (nSPS) is 20.6. The van der Waals surface area contributed by atoms with Crippen LogP contribution in [0.1, 0.15) is 48.3 Å². The number of benzene rings is 1. The van der Waals surface area contributed by atoms with E-state index in [0.717, 1.165) is 30.6 Å². The fourth-order valence-electron chi connectivity index (χ4n) is 2.95. The van der Waals surface area contributed by atoms with Gasteiger partial charge in [0.05, 0.1) is 18.6 Å². The predicted molar refractivity (Wildman–Crippen MR) is 77.7 cm³/mol. The van der Waals surface area contributed by atoms with Crippen molar-refractivity contribution in [1.29, 1.82) is 0 Å². The topological polar surface area (TPSA) is 64.4 Å². The maximum atomic E-state index is 11.4. The molecule has 0 amide bonds. The Hall–Kier alpha value is -2.30. The highest BCUT2D eigenvalue weighted by Crippen LogP contribution is 2.38. The highest BCUT2D eigenvalue weighted by Gasteiger charge is 2.30. The van der Waals surface area contributed by atoms with Gasteiger partial charge in [0, 0.05) is 12.0 Å². The van der Waals surface area contributed by atoms with Gasteiger partial charge in [-0.15, -0.1) is 0 Å². The van der Waals surface area contributed by atoms with Crippen LogP contribution in [0, 0.1) is 0 Å². The number of carboxylic acid groups (broad SMARTS) is 1. The Kier molecular flexibility index (Phi) is 3.64. The smallest absolute Gasteiger partial charge is 0.354 e. The molecule has 0 aliphatic carbocycles. The summed E-state index contributed by atoms with van der Waals surface area (Å²) in [4.78, 5) is 15.4. The Labute approximate surface area is 123 Å². The molecule has 2 unspecified atom stereocenters. The van der Waals surface area contributed by atoms with E-state index in [2.05, 4.69) is 11.9 Å². The summed E-state index contributed by atoms with van der Waals surface area (Å²) in [5.74, 6) is -0.110. The van der Waals surface area contributed by atoms with E-state index >= 15 is 0 Å². The zero-order valence-corrected chi connectivity index (χ0v) is 11.9. The molecule has 0 spiro atoms. The number of aromatic nitrogens is 2. The molecule has 2 aromatic rings. The number of carbonyl (C=O) groups is 1. The molecular weight excluding hydrogens is 268 g/mol. The van der Waals surface area contributed by atoms with E-state index < -0.39 is 5.97 Å². The molecule has 1 aromatic heterocycles. The number of fused-ring (bicyclic) bond motifs is 1. The van der Waals surface area contributed by atoms with Crippen LogP contribution in [0.2, 0.25) is 0 Å². The van der Waals surface area contributed by atoms with E-state index in [-0.39, 0.29) is 17.8 Å². The highest BCUT2D eigenvalue weighted by atomic mass is 16.5. The average molecular weight is 286 g/mol. The molecule has 5 heteroatoms. The highest BCUT2D eigenvalue weighted by molar-refractivity contribution is 5.85. The second-order valence-electron chi connectivity index (χ2n) is 5.31. The van der Waals surface area contributed by atoms with Gasteiger partial charge in [-0.1, -0.05) is 31.5 Å². The molecule has 3 rings (SSSR count). The first-order valence-corrected chi connectivity index (χ1v) is 7.21. The van der Waals surface area contributed by atoms with Crippen molar-refractivity contribution in [3.8, 4) is 5.75 Å². The minimum Gasteiger partial charge on any atom is -0.490 e. The maximum absolute atomic E-state index is 11.4. The molecule has 0 fully saturated rings. The van der Waals surface area contributed by atoms with Crippen LogP contribution in [0.4, 0.5) is 0 Å². The molecule has 21 heavy (non-hydrogen) atoms. The van der Waals surface area contributed by atoms with Gasteiger partial charge >= 0.3 is 5.97 Å². The second-order valence-corrected chi connectivity index (χ2v) is 5.31. The summed E-state index contributed by atoms with van der Waals surface area (Å²) in [6.45, 7) is 2.12. The van der Waals surface area contributed by atoms with Gasteiger partial charge in [-0.05, 0) is 12.5 Å². The molecule has 1 aliphatic heterocycles. The lowest BCUT2D eigenvalue weighted by Gasteiger charge is -2.33. The summed E-state index contributed by atoms with van der Waals surface area (Å²) in [5.41, 5.74) is 1.23. The third-order valence-corrected chi connectivity index (χ3v) is 3.89. The van der Waals surface area contributed by atoms with Crippen molar-refractivity contribution in [2.24, 2.45) is 0 Å². The first-order chi connectivity index (χ1) is 10.2. The van der Waals surface area contributed by atoms with Gasteiger partial charge < -0.3 is 14.4 Å². The lowest BCUT2D eigenvalue weighted by atomic mass is 9.94. The van der Waals surface area contributed by atoms with Gasteiger partial charge in [-0.3, -0.25) is 0 Å². The van der Waals surface area contributed by atoms with Crippen LogP contribution in [-0.2, 0) is 0 Å². The van der Waals surface area contributed by atoms with Crippen molar-refractivity contribution in [3.05, 3.63) is 48.0 Å². The van der Waals surface area contributed by atoms with Crippen molar-refractivity contribution in [2.75, 3.05) is 0 Å². The van der Waals surface area contributed by atoms with Gasteiger partial charge in [0.25, 0.3) is 0 Å². The van der Waals surface area contributed by atoms with E-state index in [1.54, 1.807) is 10.9 Å². The van der Waals surface area contributed by atoms with Crippen LogP contribution < -0.4 is 4.74 Å². The van der Waals surface area contributed by atoms with E-state index in [1.807, 2.05) is 24.3 Å². The lowest BCUT2D eigenvalue weighted by Crippen LogP contribution is -2.29. The summed E-state index contributed by atoms with van der Waals surface area (Å²) in [6, 6.07) is 7.79. The van der Waals surface area contributed by atoms with Crippen molar-refractivity contribution in [1.82, 2.24) is 9.55 Å².